The summed E-state index contributed by atoms with van der Waals surface area (Å²) in [4.78, 5) is 26.4. The van der Waals surface area contributed by atoms with Gasteiger partial charge in [-0.25, -0.2) is 0 Å². The molecule has 0 radical (unpaired) electrons. The molecule has 2 heterocycles. The smallest absolute Gasteiger partial charge is 0.254 e. The highest BCUT2D eigenvalue weighted by atomic mass is 35.5. The Labute approximate surface area is 137 Å². The summed E-state index contributed by atoms with van der Waals surface area (Å²) < 4.78 is 0. The lowest BCUT2D eigenvalue weighted by molar-refractivity contribution is 0.0753. The summed E-state index contributed by atoms with van der Waals surface area (Å²) >= 11 is 0. The van der Waals surface area contributed by atoms with Crippen LogP contribution in [0.5, 0.6) is 0 Å². The van der Waals surface area contributed by atoms with Crippen molar-refractivity contribution in [3.8, 4) is 0 Å². The van der Waals surface area contributed by atoms with Crippen LogP contribution in [-0.4, -0.2) is 42.8 Å². The van der Waals surface area contributed by atoms with Crippen LogP contribution in [0.4, 0.5) is 0 Å². The number of Topliss-reactive ketones (excluding diaryl/α,β-unsaturated/α-hetero) is 1. The van der Waals surface area contributed by atoms with E-state index in [0.29, 0.717) is 23.0 Å². The van der Waals surface area contributed by atoms with Crippen molar-refractivity contribution in [1.82, 2.24) is 10.2 Å². The minimum absolute atomic E-state index is 0. The van der Waals surface area contributed by atoms with Crippen LogP contribution in [-0.2, 0) is 0 Å². The Morgan fingerprint density at radius 2 is 1.59 bits per heavy atom. The number of ketones is 1. The van der Waals surface area contributed by atoms with Crippen LogP contribution in [0.1, 0.15) is 40.5 Å². The highest BCUT2D eigenvalue weighted by Crippen LogP contribution is 2.28. The third-order valence-electron chi connectivity index (χ3n) is 4.84. The number of fused-ring (bicyclic) bond motifs is 1. The zero-order valence-electron chi connectivity index (χ0n) is 12.9. The number of nitrogens with zero attached hydrogens (tertiary/aromatic N) is 1. The summed E-state index contributed by atoms with van der Waals surface area (Å²) in [5, 5.41) is 3.44. The van der Waals surface area contributed by atoms with E-state index >= 15 is 0 Å². The Morgan fingerprint density at radius 1 is 1.05 bits per heavy atom. The molecule has 2 saturated heterocycles. The Morgan fingerprint density at radius 3 is 2.14 bits per heavy atom. The van der Waals surface area contributed by atoms with E-state index in [4.69, 9.17) is 0 Å². The van der Waals surface area contributed by atoms with Gasteiger partial charge in [-0.2, -0.15) is 0 Å². The largest absolute Gasteiger partial charge is 0.339 e. The molecular weight excluding hydrogens is 300 g/mol. The number of halogens is 1. The first-order valence-electron chi connectivity index (χ1n) is 7.77. The SMILES string of the molecule is CC(=O)c1ccccc1C(=O)N1CC[C@@H]2CNC[C@@H]2CC1.Cl. The third-order valence-corrected chi connectivity index (χ3v) is 4.84. The number of carbonyl (C=O) groups excluding carboxylic acids is 2. The number of hydrogen-bond acceptors (Lipinski definition) is 3. The van der Waals surface area contributed by atoms with Crippen LogP contribution < -0.4 is 5.32 Å². The van der Waals surface area contributed by atoms with Crippen molar-refractivity contribution in [3.63, 3.8) is 0 Å². The number of nitrogens with one attached hydrogen (secondary N) is 1. The van der Waals surface area contributed by atoms with E-state index in [9.17, 15) is 9.59 Å². The quantitative estimate of drug-likeness (QED) is 0.851. The van der Waals surface area contributed by atoms with Crippen LogP contribution in [0.2, 0.25) is 0 Å². The van der Waals surface area contributed by atoms with Gasteiger partial charge in [0.1, 0.15) is 0 Å². The Kier molecular flexibility index (Phi) is 5.59. The van der Waals surface area contributed by atoms with Crippen molar-refractivity contribution < 1.29 is 9.59 Å². The van der Waals surface area contributed by atoms with E-state index < -0.39 is 0 Å². The molecule has 0 bridgehead atoms. The first-order chi connectivity index (χ1) is 10.2. The summed E-state index contributed by atoms with van der Waals surface area (Å²) in [6, 6.07) is 7.15. The number of amides is 1. The maximum atomic E-state index is 12.8. The topological polar surface area (TPSA) is 49.4 Å². The molecule has 4 nitrogen and oxygen atoms in total. The van der Waals surface area contributed by atoms with Gasteiger partial charge in [-0.05, 0) is 50.8 Å². The molecule has 0 unspecified atom stereocenters. The van der Waals surface area contributed by atoms with Crippen LogP contribution in [0.15, 0.2) is 24.3 Å². The van der Waals surface area contributed by atoms with Gasteiger partial charge in [0, 0.05) is 18.7 Å². The molecule has 2 aliphatic heterocycles. The second-order valence-corrected chi connectivity index (χ2v) is 6.15. The van der Waals surface area contributed by atoms with E-state index in [2.05, 4.69) is 5.32 Å². The molecule has 1 aromatic carbocycles. The van der Waals surface area contributed by atoms with E-state index in [0.717, 1.165) is 39.0 Å². The summed E-state index contributed by atoms with van der Waals surface area (Å²) in [5.41, 5.74) is 1.09. The first-order valence-corrected chi connectivity index (χ1v) is 7.77. The molecule has 2 fully saturated rings. The molecule has 0 aromatic heterocycles. The molecule has 0 saturated carbocycles. The molecule has 0 spiro atoms. The molecule has 5 heteroatoms. The minimum atomic E-state index is -0.0464. The maximum absolute atomic E-state index is 12.8. The van der Waals surface area contributed by atoms with Gasteiger partial charge in [0.05, 0.1) is 5.56 Å². The van der Waals surface area contributed by atoms with Crippen molar-refractivity contribution in [2.45, 2.75) is 19.8 Å². The number of carbonyl (C=O) groups is 2. The van der Waals surface area contributed by atoms with Gasteiger partial charge in [0.25, 0.3) is 5.91 Å². The van der Waals surface area contributed by atoms with Gasteiger partial charge < -0.3 is 10.2 Å². The molecule has 120 valence electrons. The van der Waals surface area contributed by atoms with Crippen molar-refractivity contribution in [2.24, 2.45) is 11.8 Å². The van der Waals surface area contributed by atoms with Gasteiger partial charge in [-0.15, -0.1) is 12.4 Å². The highest BCUT2D eigenvalue weighted by molar-refractivity contribution is 6.07. The number of likely N-dealkylation sites (tertiary alicyclic amines) is 1. The Hall–Kier alpha value is -1.39. The van der Waals surface area contributed by atoms with Crippen molar-refractivity contribution in [2.75, 3.05) is 26.2 Å². The average Bonchev–Trinajstić information content (AvgIpc) is 2.85. The fourth-order valence-electron chi connectivity index (χ4n) is 3.57. The fourth-order valence-corrected chi connectivity index (χ4v) is 3.57. The second kappa shape index (κ2) is 7.25. The van der Waals surface area contributed by atoms with Gasteiger partial charge in [0.2, 0.25) is 0 Å². The zero-order chi connectivity index (χ0) is 14.8. The summed E-state index contributed by atoms with van der Waals surface area (Å²) in [6.45, 7) is 5.28. The number of hydrogen-bond donors (Lipinski definition) is 1. The van der Waals surface area contributed by atoms with Crippen LogP contribution in [0, 0.1) is 11.8 Å². The van der Waals surface area contributed by atoms with Crippen molar-refractivity contribution in [3.05, 3.63) is 35.4 Å². The summed E-state index contributed by atoms with van der Waals surface area (Å²) in [5.74, 6) is 1.36. The van der Waals surface area contributed by atoms with E-state index in [-0.39, 0.29) is 24.1 Å². The van der Waals surface area contributed by atoms with E-state index in [1.54, 1.807) is 12.1 Å². The number of rotatable bonds is 2. The van der Waals surface area contributed by atoms with Gasteiger partial charge in [-0.1, -0.05) is 18.2 Å². The van der Waals surface area contributed by atoms with Gasteiger partial charge >= 0.3 is 0 Å². The second-order valence-electron chi connectivity index (χ2n) is 6.15. The predicted octanol–water partition coefficient (Wildman–Crippen LogP) is 2.38. The number of benzene rings is 1. The zero-order valence-corrected chi connectivity index (χ0v) is 13.7. The van der Waals surface area contributed by atoms with Gasteiger partial charge in [-0.3, -0.25) is 9.59 Å². The summed E-state index contributed by atoms with van der Waals surface area (Å²) in [6.07, 6.45) is 2.12. The first kappa shape index (κ1) is 17.0. The molecule has 1 aromatic rings. The molecule has 3 rings (SSSR count). The Bertz CT molecular complexity index is 547. The molecule has 1 amide bonds. The molecule has 1 N–H and O–H groups in total. The van der Waals surface area contributed by atoms with Gasteiger partial charge in [0.15, 0.2) is 5.78 Å². The standard InChI is InChI=1S/C17H22N2O2.ClH/c1-12(20)15-4-2-3-5-16(15)17(21)19-8-6-13-10-18-11-14(13)7-9-19;/h2-5,13-14,18H,6-11H2,1H3;1H/t13-,14+;. The molecule has 2 aliphatic rings. The molecule has 22 heavy (non-hydrogen) atoms. The van der Waals surface area contributed by atoms with Crippen LogP contribution in [0.3, 0.4) is 0 Å². The lowest BCUT2D eigenvalue weighted by atomic mass is 9.92. The fraction of sp³-hybridized carbons (Fsp3) is 0.529. The average molecular weight is 323 g/mol. The van der Waals surface area contributed by atoms with Crippen LogP contribution in [0.25, 0.3) is 0 Å². The lowest BCUT2D eigenvalue weighted by Crippen LogP contribution is -2.33. The summed E-state index contributed by atoms with van der Waals surface area (Å²) in [7, 11) is 0. The minimum Gasteiger partial charge on any atom is -0.339 e. The van der Waals surface area contributed by atoms with Crippen molar-refractivity contribution in [1.29, 1.82) is 0 Å². The van der Waals surface area contributed by atoms with E-state index in [1.807, 2.05) is 17.0 Å². The molecular formula is C17H23ClN2O2. The van der Waals surface area contributed by atoms with E-state index in [1.165, 1.54) is 6.92 Å². The predicted molar refractivity (Wildman–Crippen MR) is 88.7 cm³/mol. The van der Waals surface area contributed by atoms with Crippen molar-refractivity contribution >= 4 is 24.1 Å². The molecule has 2 atom stereocenters. The highest BCUT2D eigenvalue weighted by Gasteiger charge is 2.32. The maximum Gasteiger partial charge on any atom is 0.254 e. The van der Waals surface area contributed by atoms with Crippen LogP contribution >= 0.6 is 12.4 Å². The Balaban J connectivity index is 0.00000176. The molecule has 0 aliphatic carbocycles. The lowest BCUT2D eigenvalue weighted by Gasteiger charge is -2.22. The monoisotopic (exact) mass is 322 g/mol. The normalized spacial score (nSPS) is 24.1. The third kappa shape index (κ3) is 3.33.